The van der Waals surface area contributed by atoms with Crippen LogP contribution in [0.25, 0.3) is 0 Å². The molecule has 0 N–H and O–H groups in total. The second kappa shape index (κ2) is 6.83. The molecule has 1 fully saturated rings. The van der Waals surface area contributed by atoms with E-state index in [1.165, 1.54) is 0 Å². The smallest absolute Gasteiger partial charge is 0.329 e. The fourth-order valence-corrected chi connectivity index (χ4v) is 3.41. The zero-order valence-corrected chi connectivity index (χ0v) is 14.8. The minimum absolute atomic E-state index is 0.260. The molecule has 1 aromatic rings. The van der Waals surface area contributed by atoms with E-state index < -0.39 is 22.4 Å². The van der Waals surface area contributed by atoms with E-state index in [1.807, 2.05) is 20.8 Å². The quantitative estimate of drug-likeness (QED) is 0.795. The molecule has 2 rings (SSSR count). The average molecular weight is 337 g/mol. The zero-order chi connectivity index (χ0) is 17.2. The number of hydrogen-bond donors (Lipinski definition) is 0. The number of amides is 1. The Kier molecular flexibility index (Phi) is 5.24. The molecule has 2 atom stereocenters. The van der Waals surface area contributed by atoms with Gasteiger partial charge in [0.1, 0.15) is 11.6 Å². The molecule has 1 unspecified atom stereocenters. The van der Waals surface area contributed by atoms with Crippen molar-refractivity contribution in [3.05, 3.63) is 29.8 Å². The first-order chi connectivity index (χ1) is 10.7. The van der Waals surface area contributed by atoms with E-state index in [2.05, 4.69) is 0 Å². The number of benzene rings is 1. The summed E-state index contributed by atoms with van der Waals surface area (Å²) in [4.78, 5) is 27.2. The molecule has 1 aromatic carbocycles. The Balaban J connectivity index is 2.25. The van der Waals surface area contributed by atoms with E-state index in [1.54, 1.807) is 35.4 Å². The fraction of sp³-hybridized carbons (Fsp3) is 0.529. The molecule has 6 heteroatoms. The van der Waals surface area contributed by atoms with Crippen molar-refractivity contribution in [3.63, 3.8) is 0 Å². The van der Waals surface area contributed by atoms with Gasteiger partial charge in [0.05, 0.1) is 21.3 Å². The van der Waals surface area contributed by atoms with Crippen LogP contribution < -0.4 is 0 Å². The van der Waals surface area contributed by atoms with Gasteiger partial charge in [-0.05, 0) is 45.7 Å². The second-order valence-electron chi connectivity index (χ2n) is 6.64. The van der Waals surface area contributed by atoms with Crippen molar-refractivity contribution in [2.45, 2.75) is 50.2 Å². The molecule has 126 valence electrons. The van der Waals surface area contributed by atoms with Crippen LogP contribution in [0.1, 0.15) is 44.0 Å². The van der Waals surface area contributed by atoms with Gasteiger partial charge in [0, 0.05) is 12.8 Å². The Morgan fingerprint density at radius 2 is 1.91 bits per heavy atom. The van der Waals surface area contributed by atoms with E-state index in [4.69, 9.17) is 4.74 Å². The summed E-state index contributed by atoms with van der Waals surface area (Å²) in [6.45, 7) is 5.93. The van der Waals surface area contributed by atoms with Gasteiger partial charge in [-0.15, -0.1) is 0 Å². The number of esters is 1. The first kappa shape index (κ1) is 17.7. The van der Waals surface area contributed by atoms with Crippen molar-refractivity contribution in [3.8, 4) is 0 Å². The molecule has 0 spiro atoms. The van der Waals surface area contributed by atoms with E-state index in [-0.39, 0.29) is 11.9 Å². The summed E-state index contributed by atoms with van der Waals surface area (Å²) in [6, 6.07) is 6.26. The van der Waals surface area contributed by atoms with Gasteiger partial charge < -0.3 is 9.64 Å². The van der Waals surface area contributed by atoms with Crippen molar-refractivity contribution in [1.29, 1.82) is 0 Å². The van der Waals surface area contributed by atoms with Crippen molar-refractivity contribution in [2.75, 3.05) is 12.8 Å². The number of carbonyl (C=O) groups is 2. The molecule has 23 heavy (non-hydrogen) atoms. The topological polar surface area (TPSA) is 63.7 Å². The van der Waals surface area contributed by atoms with Crippen LogP contribution in [0.5, 0.6) is 0 Å². The molecular weight excluding hydrogens is 314 g/mol. The van der Waals surface area contributed by atoms with Gasteiger partial charge in [-0.1, -0.05) is 12.1 Å². The van der Waals surface area contributed by atoms with Crippen LogP contribution in [-0.2, 0) is 20.3 Å². The minimum Gasteiger partial charge on any atom is -0.458 e. The number of nitrogens with zero attached hydrogens (tertiary/aromatic N) is 1. The van der Waals surface area contributed by atoms with Crippen molar-refractivity contribution >= 4 is 22.7 Å². The summed E-state index contributed by atoms with van der Waals surface area (Å²) < 4.78 is 17.3. The maximum atomic E-state index is 12.8. The Bertz CT molecular complexity index is 636. The van der Waals surface area contributed by atoms with Crippen LogP contribution in [0.3, 0.4) is 0 Å². The molecule has 1 saturated heterocycles. The minimum atomic E-state index is -1.26. The lowest BCUT2D eigenvalue weighted by atomic mass is 10.1. The van der Waals surface area contributed by atoms with E-state index in [0.717, 1.165) is 6.42 Å². The Morgan fingerprint density at radius 1 is 1.26 bits per heavy atom. The van der Waals surface area contributed by atoms with Crippen LogP contribution in [0.4, 0.5) is 0 Å². The highest BCUT2D eigenvalue weighted by molar-refractivity contribution is 7.84. The molecule has 1 aliphatic heterocycles. The fourth-order valence-electron chi connectivity index (χ4n) is 2.67. The molecule has 0 aliphatic carbocycles. The van der Waals surface area contributed by atoms with Gasteiger partial charge in [-0.25, -0.2) is 4.79 Å². The lowest BCUT2D eigenvalue weighted by Gasteiger charge is -2.27. The predicted octanol–water partition coefficient (Wildman–Crippen LogP) is 2.37. The van der Waals surface area contributed by atoms with Crippen LogP contribution in [0.2, 0.25) is 0 Å². The maximum absolute atomic E-state index is 12.8. The van der Waals surface area contributed by atoms with Gasteiger partial charge in [-0.3, -0.25) is 9.00 Å². The third-order valence-corrected chi connectivity index (χ3v) is 4.60. The summed E-state index contributed by atoms with van der Waals surface area (Å²) in [5, 5.41) is 0. The number of hydrogen-bond acceptors (Lipinski definition) is 4. The molecular formula is C17H23NO4S. The molecule has 5 nitrogen and oxygen atoms in total. The Labute approximate surface area is 139 Å². The number of ether oxygens (including phenoxy) is 1. The third-order valence-electron chi connectivity index (χ3n) is 3.62. The lowest BCUT2D eigenvalue weighted by Crippen LogP contribution is -2.43. The first-order valence-corrected chi connectivity index (χ1v) is 9.23. The van der Waals surface area contributed by atoms with Crippen molar-refractivity contribution in [2.24, 2.45) is 0 Å². The van der Waals surface area contributed by atoms with Gasteiger partial charge in [0.15, 0.2) is 0 Å². The highest BCUT2D eigenvalue weighted by Gasteiger charge is 2.37. The van der Waals surface area contributed by atoms with Crippen molar-refractivity contribution < 1.29 is 18.5 Å². The van der Waals surface area contributed by atoms with E-state index in [9.17, 15) is 13.8 Å². The maximum Gasteiger partial charge on any atom is 0.329 e. The lowest BCUT2D eigenvalue weighted by molar-refractivity contribution is -0.159. The summed E-state index contributed by atoms with van der Waals surface area (Å²) >= 11 is 0. The van der Waals surface area contributed by atoms with Gasteiger partial charge in [0.25, 0.3) is 5.91 Å². The first-order valence-electron chi connectivity index (χ1n) is 7.67. The van der Waals surface area contributed by atoms with Crippen molar-refractivity contribution in [1.82, 2.24) is 4.90 Å². The van der Waals surface area contributed by atoms with Crippen LogP contribution in [-0.4, -0.2) is 45.4 Å². The predicted molar refractivity (Wildman–Crippen MR) is 88.7 cm³/mol. The number of carbonyl (C=O) groups excluding carboxylic acids is 2. The van der Waals surface area contributed by atoms with E-state index >= 15 is 0 Å². The normalized spacial score (nSPS) is 19.5. The molecule has 1 aliphatic rings. The Hall–Kier alpha value is -1.69. The van der Waals surface area contributed by atoms with Gasteiger partial charge in [0.2, 0.25) is 0 Å². The monoisotopic (exact) mass is 337 g/mol. The molecule has 0 radical (unpaired) electrons. The summed E-state index contributed by atoms with van der Waals surface area (Å²) in [5.74, 6) is -0.636. The second-order valence-corrected chi connectivity index (χ2v) is 7.99. The largest absolute Gasteiger partial charge is 0.458 e. The highest BCUT2D eigenvalue weighted by atomic mass is 32.2. The zero-order valence-electron chi connectivity index (χ0n) is 14.0. The SMILES string of the molecule is CS(=O)c1ccccc1C(=O)N1CCC[C@H]1C(=O)OC(C)(C)C. The number of rotatable bonds is 3. The van der Waals surface area contributed by atoms with Crippen LogP contribution in [0.15, 0.2) is 29.2 Å². The molecule has 1 heterocycles. The summed E-state index contributed by atoms with van der Waals surface area (Å²) in [5.41, 5.74) is -0.194. The molecule has 0 bridgehead atoms. The number of likely N-dealkylation sites (tertiary alicyclic amines) is 1. The highest BCUT2D eigenvalue weighted by Crippen LogP contribution is 2.25. The standard InChI is InChI=1S/C17H23NO4S/c1-17(2,3)22-16(20)13-9-7-11-18(13)15(19)12-8-5-6-10-14(12)23(4)21/h5-6,8,10,13H,7,9,11H2,1-4H3/t13-,23?/m0/s1. The van der Waals surface area contributed by atoms with Gasteiger partial charge in [-0.2, -0.15) is 0 Å². The molecule has 1 amide bonds. The Morgan fingerprint density at radius 3 is 2.52 bits per heavy atom. The van der Waals surface area contributed by atoms with Gasteiger partial charge >= 0.3 is 5.97 Å². The molecule has 0 aromatic heterocycles. The van der Waals surface area contributed by atoms with E-state index in [0.29, 0.717) is 23.4 Å². The van der Waals surface area contributed by atoms with Crippen LogP contribution in [0, 0.1) is 0 Å². The summed E-state index contributed by atoms with van der Waals surface area (Å²) in [6.07, 6.45) is 2.90. The average Bonchev–Trinajstić information content (AvgIpc) is 2.94. The summed E-state index contributed by atoms with van der Waals surface area (Å²) in [7, 11) is -1.26. The third kappa shape index (κ3) is 4.19. The molecule has 0 saturated carbocycles. The van der Waals surface area contributed by atoms with Crippen LogP contribution >= 0.6 is 0 Å².